The molecule has 15 heavy (non-hydrogen) atoms. The maximum Gasteiger partial charge on any atom is 0.170 e. The summed E-state index contributed by atoms with van der Waals surface area (Å²) in [6, 6.07) is 11.6. The van der Waals surface area contributed by atoms with E-state index in [0.29, 0.717) is 5.69 Å². The van der Waals surface area contributed by atoms with Gasteiger partial charge in [0.15, 0.2) is 6.29 Å². The second kappa shape index (κ2) is 4.09. The molecule has 1 heterocycles. The smallest absolute Gasteiger partial charge is 0.170 e. The van der Waals surface area contributed by atoms with Crippen LogP contribution in [0.25, 0.3) is 5.69 Å². The average Bonchev–Trinajstić information content (AvgIpc) is 2.73. The summed E-state index contributed by atoms with van der Waals surface area (Å²) in [7, 11) is 0. The first kappa shape index (κ1) is 9.65. The Labute approximate surface area is 88.4 Å². The number of aromatic nitrogens is 2. The van der Waals surface area contributed by atoms with Gasteiger partial charge in [-0.3, -0.25) is 4.79 Å². The van der Waals surface area contributed by atoms with Gasteiger partial charge in [-0.05, 0) is 24.6 Å². The number of para-hydroxylation sites is 1. The lowest BCUT2D eigenvalue weighted by molar-refractivity contribution is 0.111. The Kier molecular flexibility index (Phi) is 2.63. The Morgan fingerprint density at radius 1 is 1.33 bits per heavy atom. The van der Waals surface area contributed by atoms with Gasteiger partial charge in [-0.2, -0.15) is 5.10 Å². The molecule has 1 aromatic carbocycles. The number of nitrogens with zero attached hydrogens (tertiary/aromatic N) is 2. The molecule has 0 amide bonds. The predicted octanol–water partition coefficient (Wildman–Crippen LogP) is 2.25. The Morgan fingerprint density at radius 2 is 2.07 bits per heavy atom. The van der Waals surface area contributed by atoms with Crippen molar-refractivity contribution in [2.24, 2.45) is 0 Å². The van der Waals surface area contributed by atoms with Crippen LogP contribution in [-0.2, 0) is 6.42 Å². The Morgan fingerprint density at radius 3 is 2.67 bits per heavy atom. The second-order valence-electron chi connectivity index (χ2n) is 3.28. The molecule has 0 radical (unpaired) electrons. The highest BCUT2D eigenvalue weighted by Gasteiger charge is 2.06. The van der Waals surface area contributed by atoms with E-state index in [0.717, 1.165) is 24.1 Å². The summed E-state index contributed by atoms with van der Waals surface area (Å²) >= 11 is 0. The molecule has 0 aliphatic heterocycles. The van der Waals surface area contributed by atoms with Crippen molar-refractivity contribution in [3.63, 3.8) is 0 Å². The lowest BCUT2D eigenvalue weighted by Crippen LogP contribution is -2.00. The number of aldehydes is 1. The minimum atomic E-state index is 0.482. The van der Waals surface area contributed by atoms with E-state index in [1.165, 1.54) is 0 Å². The lowest BCUT2D eigenvalue weighted by atomic mass is 10.3. The van der Waals surface area contributed by atoms with E-state index in [9.17, 15) is 4.79 Å². The normalized spacial score (nSPS) is 10.2. The van der Waals surface area contributed by atoms with Crippen molar-refractivity contribution in [1.29, 1.82) is 0 Å². The molecule has 0 fully saturated rings. The molecule has 0 spiro atoms. The average molecular weight is 200 g/mol. The zero-order chi connectivity index (χ0) is 10.7. The fourth-order valence-corrected chi connectivity index (χ4v) is 1.54. The number of hydrogen-bond donors (Lipinski definition) is 0. The fraction of sp³-hybridized carbons (Fsp3) is 0.167. The summed E-state index contributed by atoms with van der Waals surface area (Å²) in [6.45, 7) is 2.05. The molecule has 3 nitrogen and oxygen atoms in total. The van der Waals surface area contributed by atoms with Gasteiger partial charge in [0.25, 0.3) is 0 Å². The van der Waals surface area contributed by atoms with Crippen molar-refractivity contribution >= 4 is 6.29 Å². The van der Waals surface area contributed by atoms with Crippen LogP contribution in [0, 0.1) is 0 Å². The van der Waals surface area contributed by atoms with Crippen LogP contribution < -0.4 is 0 Å². The number of aryl methyl sites for hydroxylation is 1. The van der Waals surface area contributed by atoms with Gasteiger partial charge in [-0.25, -0.2) is 4.68 Å². The summed E-state index contributed by atoms with van der Waals surface area (Å²) in [5, 5.41) is 4.22. The predicted molar refractivity (Wildman–Crippen MR) is 58.3 cm³/mol. The van der Waals surface area contributed by atoms with Gasteiger partial charge in [0.1, 0.15) is 5.69 Å². The highest BCUT2D eigenvalue weighted by atomic mass is 16.1. The Bertz CT molecular complexity index is 460. The number of benzene rings is 1. The molecule has 3 heteroatoms. The standard InChI is InChI=1S/C12H12N2O/c1-2-11-8-10(9-15)13-14(11)12-6-4-3-5-7-12/h3-9H,2H2,1H3. The fourth-order valence-electron chi connectivity index (χ4n) is 1.54. The van der Waals surface area contributed by atoms with Gasteiger partial charge >= 0.3 is 0 Å². The van der Waals surface area contributed by atoms with Gasteiger partial charge in [0.2, 0.25) is 0 Å². The van der Waals surface area contributed by atoms with Crippen molar-refractivity contribution < 1.29 is 4.79 Å². The van der Waals surface area contributed by atoms with Crippen LogP contribution in [0.4, 0.5) is 0 Å². The quantitative estimate of drug-likeness (QED) is 0.712. The van der Waals surface area contributed by atoms with Crippen molar-refractivity contribution in [3.05, 3.63) is 47.8 Å². The Balaban J connectivity index is 2.52. The SMILES string of the molecule is CCc1cc(C=O)nn1-c1ccccc1. The summed E-state index contributed by atoms with van der Waals surface area (Å²) in [5.74, 6) is 0. The second-order valence-corrected chi connectivity index (χ2v) is 3.28. The molecule has 0 atom stereocenters. The largest absolute Gasteiger partial charge is 0.296 e. The van der Waals surface area contributed by atoms with Gasteiger partial charge in [0, 0.05) is 5.69 Å². The van der Waals surface area contributed by atoms with Crippen molar-refractivity contribution in [2.45, 2.75) is 13.3 Å². The molecule has 1 aromatic heterocycles. The molecule has 0 unspecified atom stereocenters. The van der Waals surface area contributed by atoms with E-state index in [2.05, 4.69) is 5.10 Å². The molecular weight excluding hydrogens is 188 g/mol. The highest BCUT2D eigenvalue weighted by molar-refractivity contribution is 5.72. The van der Waals surface area contributed by atoms with Crippen molar-refractivity contribution in [1.82, 2.24) is 9.78 Å². The molecule has 0 N–H and O–H groups in total. The zero-order valence-corrected chi connectivity index (χ0v) is 8.55. The van der Waals surface area contributed by atoms with Crippen LogP contribution in [0.15, 0.2) is 36.4 Å². The zero-order valence-electron chi connectivity index (χ0n) is 8.55. The van der Waals surface area contributed by atoms with Crippen LogP contribution in [0.2, 0.25) is 0 Å². The lowest BCUT2D eigenvalue weighted by Gasteiger charge is -2.04. The number of hydrogen-bond acceptors (Lipinski definition) is 2. The van der Waals surface area contributed by atoms with E-state index in [4.69, 9.17) is 0 Å². The van der Waals surface area contributed by atoms with Crippen molar-refractivity contribution in [3.8, 4) is 5.69 Å². The van der Waals surface area contributed by atoms with Crippen LogP contribution >= 0.6 is 0 Å². The molecule has 0 bridgehead atoms. The van der Waals surface area contributed by atoms with Crippen LogP contribution in [0.1, 0.15) is 23.1 Å². The first-order chi connectivity index (χ1) is 7.35. The number of rotatable bonds is 3. The van der Waals surface area contributed by atoms with E-state index in [-0.39, 0.29) is 0 Å². The van der Waals surface area contributed by atoms with Crippen LogP contribution in [0.5, 0.6) is 0 Å². The molecule has 2 aromatic rings. The molecule has 0 saturated heterocycles. The van der Waals surface area contributed by atoms with Gasteiger partial charge in [0.05, 0.1) is 5.69 Å². The highest BCUT2D eigenvalue weighted by Crippen LogP contribution is 2.12. The molecule has 76 valence electrons. The summed E-state index contributed by atoms with van der Waals surface area (Å²) in [6.07, 6.45) is 1.63. The van der Waals surface area contributed by atoms with Crippen molar-refractivity contribution in [2.75, 3.05) is 0 Å². The summed E-state index contributed by atoms with van der Waals surface area (Å²) < 4.78 is 1.81. The molecule has 0 aliphatic rings. The first-order valence-electron chi connectivity index (χ1n) is 4.94. The van der Waals surface area contributed by atoms with E-state index >= 15 is 0 Å². The van der Waals surface area contributed by atoms with Crippen LogP contribution in [0.3, 0.4) is 0 Å². The minimum absolute atomic E-state index is 0.482. The number of carbonyl (C=O) groups is 1. The third kappa shape index (κ3) is 1.81. The summed E-state index contributed by atoms with van der Waals surface area (Å²) in [5.41, 5.74) is 2.52. The van der Waals surface area contributed by atoms with E-state index in [1.54, 1.807) is 0 Å². The minimum Gasteiger partial charge on any atom is -0.296 e. The first-order valence-corrected chi connectivity index (χ1v) is 4.94. The molecule has 2 rings (SSSR count). The number of carbonyl (C=O) groups excluding carboxylic acids is 1. The third-order valence-electron chi connectivity index (χ3n) is 2.29. The Hall–Kier alpha value is -1.90. The third-order valence-corrected chi connectivity index (χ3v) is 2.29. The monoisotopic (exact) mass is 200 g/mol. The maximum absolute atomic E-state index is 10.6. The molecule has 0 saturated carbocycles. The summed E-state index contributed by atoms with van der Waals surface area (Å²) in [4.78, 5) is 10.6. The van der Waals surface area contributed by atoms with Gasteiger partial charge < -0.3 is 0 Å². The van der Waals surface area contributed by atoms with Crippen LogP contribution in [-0.4, -0.2) is 16.1 Å². The van der Waals surface area contributed by atoms with Gasteiger partial charge in [-0.15, -0.1) is 0 Å². The topological polar surface area (TPSA) is 34.9 Å². The van der Waals surface area contributed by atoms with E-state index < -0.39 is 0 Å². The van der Waals surface area contributed by atoms with E-state index in [1.807, 2.05) is 48.0 Å². The maximum atomic E-state index is 10.6. The molecular formula is C12H12N2O. The molecule has 0 aliphatic carbocycles. The van der Waals surface area contributed by atoms with Gasteiger partial charge in [-0.1, -0.05) is 25.1 Å².